The molecule has 94 valence electrons. The maximum Gasteiger partial charge on any atom is 0.368 e. The number of carbonyl (C=O) groups excluding carboxylic acids is 1. The van der Waals surface area contributed by atoms with Crippen molar-refractivity contribution in [2.75, 3.05) is 0 Å². The predicted molar refractivity (Wildman–Crippen MR) is 55.7 cm³/mol. The van der Waals surface area contributed by atoms with Gasteiger partial charge >= 0.3 is 12.3 Å². The zero-order valence-corrected chi connectivity index (χ0v) is 9.22. The fourth-order valence-electron chi connectivity index (χ4n) is 1.45. The van der Waals surface area contributed by atoms with Gasteiger partial charge in [0.25, 0.3) is 0 Å². The molecule has 0 aliphatic rings. The van der Waals surface area contributed by atoms with Gasteiger partial charge in [-0.3, -0.25) is 4.79 Å². The van der Waals surface area contributed by atoms with Crippen molar-refractivity contribution in [3.8, 4) is 0 Å². The molecule has 0 bridgehead atoms. The van der Waals surface area contributed by atoms with E-state index in [0.717, 1.165) is 12.5 Å². The zero-order valence-electron chi connectivity index (χ0n) is 9.22. The Bertz CT molecular complexity index is 401. The highest BCUT2D eigenvalue weighted by atomic mass is 19.3. The highest BCUT2D eigenvalue weighted by Crippen LogP contribution is 2.27. The van der Waals surface area contributed by atoms with Gasteiger partial charge in [0.05, 0.1) is 0 Å². The molecule has 0 amide bonds. The van der Waals surface area contributed by atoms with Gasteiger partial charge in [-0.15, -0.1) is 0 Å². The van der Waals surface area contributed by atoms with Crippen molar-refractivity contribution in [3.05, 3.63) is 35.4 Å². The number of halogens is 4. The smallest absolute Gasteiger partial charge is 0.287 e. The molecule has 5 heteroatoms. The number of hydrogen-bond acceptors (Lipinski definition) is 1. The van der Waals surface area contributed by atoms with Crippen molar-refractivity contribution in [1.29, 1.82) is 0 Å². The van der Waals surface area contributed by atoms with Crippen LogP contribution in [0.5, 0.6) is 0 Å². The molecule has 0 saturated heterocycles. The van der Waals surface area contributed by atoms with Crippen molar-refractivity contribution >= 4 is 5.78 Å². The third kappa shape index (κ3) is 3.05. The lowest BCUT2D eigenvalue weighted by Crippen LogP contribution is -2.36. The number of alkyl halides is 4. The van der Waals surface area contributed by atoms with Crippen LogP contribution in [0, 0.1) is 0 Å². The number of ketones is 1. The molecule has 0 heterocycles. The van der Waals surface area contributed by atoms with Gasteiger partial charge in [0, 0.05) is 5.56 Å². The first-order chi connectivity index (χ1) is 7.89. The summed E-state index contributed by atoms with van der Waals surface area (Å²) in [5, 5.41) is 0. The predicted octanol–water partition coefficient (Wildman–Crippen LogP) is 3.72. The molecule has 17 heavy (non-hydrogen) atoms. The van der Waals surface area contributed by atoms with Gasteiger partial charge in [-0.05, 0) is 18.1 Å². The van der Waals surface area contributed by atoms with Crippen molar-refractivity contribution in [1.82, 2.24) is 0 Å². The van der Waals surface area contributed by atoms with Crippen molar-refractivity contribution in [3.63, 3.8) is 0 Å². The summed E-state index contributed by atoms with van der Waals surface area (Å²) >= 11 is 0. The van der Waals surface area contributed by atoms with Crippen LogP contribution in [-0.4, -0.2) is 18.1 Å². The van der Waals surface area contributed by atoms with E-state index in [9.17, 15) is 22.4 Å². The number of benzene rings is 1. The molecule has 0 saturated carbocycles. The van der Waals surface area contributed by atoms with Crippen LogP contribution in [0.4, 0.5) is 17.6 Å². The molecule has 0 aromatic heterocycles. The monoisotopic (exact) mass is 248 g/mol. The molecule has 0 aliphatic heterocycles. The molecule has 0 aliphatic carbocycles. The molecule has 0 atom stereocenters. The first-order valence-electron chi connectivity index (χ1n) is 5.19. The van der Waals surface area contributed by atoms with E-state index in [1.54, 1.807) is 6.07 Å². The van der Waals surface area contributed by atoms with Crippen LogP contribution in [0.1, 0.15) is 29.3 Å². The van der Waals surface area contributed by atoms with Gasteiger partial charge in [0.1, 0.15) is 0 Å². The van der Waals surface area contributed by atoms with Gasteiger partial charge in [0.15, 0.2) is 0 Å². The third-order valence-corrected chi connectivity index (χ3v) is 2.30. The van der Waals surface area contributed by atoms with Crippen molar-refractivity contribution in [2.45, 2.75) is 32.1 Å². The van der Waals surface area contributed by atoms with Gasteiger partial charge in [-0.1, -0.05) is 31.5 Å². The SMILES string of the molecule is CCCc1cccc(C(=O)C(F)(F)C(F)F)c1. The van der Waals surface area contributed by atoms with Gasteiger partial charge in [-0.2, -0.15) is 8.78 Å². The summed E-state index contributed by atoms with van der Waals surface area (Å²) < 4.78 is 49.7. The normalized spacial score (nSPS) is 11.9. The van der Waals surface area contributed by atoms with Crippen LogP contribution in [0.2, 0.25) is 0 Å². The van der Waals surface area contributed by atoms with Crippen molar-refractivity contribution in [2.24, 2.45) is 0 Å². The van der Waals surface area contributed by atoms with E-state index < -0.39 is 18.1 Å². The molecule has 0 N–H and O–H groups in total. The van der Waals surface area contributed by atoms with Gasteiger partial charge < -0.3 is 0 Å². The Morgan fingerprint density at radius 3 is 2.53 bits per heavy atom. The minimum Gasteiger partial charge on any atom is -0.287 e. The maximum absolute atomic E-state index is 12.8. The molecule has 1 aromatic rings. The number of carbonyl (C=O) groups is 1. The minimum atomic E-state index is -4.62. The molecular formula is C12H12F4O. The van der Waals surface area contributed by atoms with E-state index in [1.165, 1.54) is 12.1 Å². The van der Waals surface area contributed by atoms with Crippen LogP contribution in [0.3, 0.4) is 0 Å². The Hall–Kier alpha value is -1.39. The number of aryl methyl sites for hydroxylation is 1. The largest absolute Gasteiger partial charge is 0.368 e. The van der Waals surface area contributed by atoms with E-state index in [2.05, 4.69) is 0 Å². The van der Waals surface area contributed by atoms with E-state index in [4.69, 9.17) is 0 Å². The first kappa shape index (κ1) is 13.7. The molecule has 0 radical (unpaired) electrons. The molecular weight excluding hydrogens is 236 g/mol. The number of Topliss-reactive ketones (excluding diaryl/α,β-unsaturated/α-hetero) is 1. The molecule has 1 rings (SSSR count). The summed E-state index contributed by atoms with van der Waals surface area (Å²) in [6.45, 7) is 1.89. The van der Waals surface area contributed by atoms with E-state index in [1.807, 2.05) is 6.92 Å². The maximum atomic E-state index is 12.8. The van der Waals surface area contributed by atoms with Crippen LogP contribution in [0.15, 0.2) is 24.3 Å². The fraction of sp³-hybridized carbons (Fsp3) is 0.417. The van der Waals surface area contributed by atoms with Crippen LogP contribution < -0.4 is 0 Å². The second kappa shape index (κ2) is 5.29. The molecule has 1 aromatic carbocycles. The zero-order chi connectivity index (χ0) is 13.1. The average molecular weight is 248 g/mol. The Labute approximate surface area is 96.4 Å². The topological polar surface area (TPSA) is 17.1 Å². The van der Waals surface area contributed by atoms with Gasteiger partial charge in [-0.25, -0.2) is 8.78 Å². The Morgan fingerprint density at radius 2 is 2.00 bits per heavy atom. The van der Waals surface area contributed by atoms with E-state index >= 15 is 0 Å². The Morgan fingerprint density at radius 1 is 1.35 bits per heavy atom. The third-order valence-electron chi connectivity index (χ3n) is 2.30. The second-order valence-corrected chi connectivity index (χ2v) is 3.70. The highest BCUT2D eigenvalue weighted by Gasteiger charge is 2.48. The van der Waals surface area contributed by atoms with E-state index in [-0.39, 0.29) is 5.56 Å². The lowest BCUT2D eigenvalue weighted by molar-refractivity contribution is -0.0958. The van der Waals surface area contributed by atoms with Gasteiger partial charge in [0.2, 0.25) is 5.78 Å². The second-order valence-electron chi connectivity index (χ2n) is 3.70. The van der Waals surface area contributed by atoms with Crippen LogP contribution in [-0.2, 0) is 6.42 Å². The highest BCUT2D eigenvalue weighted by molar-refractivity contribution is 6.01. The summed E-state index contributed by atoms with van der Waals surface area (Å²) in [6, 6.07) is 5.44. The molecule has 0 spiro atoms. The van der Waals surface area contributed by atoms with E-state index in [0.29, 0.717) is 12.0 Å². The summed E-state index contributed by atoms with van der Waals surface area (Å²) in [7, 11) is 0. The van der Waals surface area contributed by atoms with Crippen molar-refractivity contribution < 1.29 is 22.4 Å². The summed E-state index contributed by atoms with van der Waals surface area (Å²) in [6.07, 6.45) is -2.59. The Kier molecular flexibility index (Phi) is 4.26. The summed E-state index contributed by atoms with van der Waals surface area (Å²) in [5.41, 5.74) is 0.310. The molecule has 0 unspecified atom stereocenters. The minimum absolute atomic E-state index is 0.374. The number of rotatable bonds is 5. The first-order valence-corrected chi connectivity index (χ1v) is 5.19. The quantitative estimate of drug-likeness (QED) is 0.573. The fourth-order valence-corrected chi connectivity index (χ4v) is 1.45. The standard InChI is InChI=1S/C12H12F4O/c1-2-4-8-5-3-6-9(7-8)10(17)12(15,16)11(13)14/h3,5-7,11H,2,4H2,1H3. The Balaban J connectivity index is 3.00. The number of hydrogen-bond donors (Lipinski definition) is 0. The average Bonchev–Trinajstić information content (AvgIpc) is 2.28. The van der Waals surface area contributed by atoms with Crippen LogP contribution >= 0.6 is 0 Å². The molecule has 0 fully saturated rings. The lowest BCUT2D eigenvalue weighted by atomic mass is 10.0. The summed E-state index contributed by atoms with van der Waals surface area (Å²) in [4.78, 5) is 11.2. The van der Waals surface area contributed by atoms with Crippen LogP contribution in [0.25, 0.3) is 0 Å². The lowest BCUT2D eigenvalue weighted by Gasteiger charge is -2.14. The summed E-state index contributed by atoms with van der Waals surface area (Å²) in [5.74, 6) is -6.45. The molecule has 1 nitrogen and oxygen atoms in total.